The van der Waals surface area contributed by atoms with E-state index in [0.29, 0.717) is 6.04 Å². The number of nitrogens with zero attached hydrogens (tertiary/aromatic N) is 2. The summed E-state index contributed by atoms with van der Waals surface area (Å²) in [6, 6.07) is 26.3. The highest BCUT2D eigenvalue weighted by atomic mass is 35.5. The molecule has 2 nitrogen and oxygen atoms in total. The summed E-state index contributed by atoms with van der Waals surface area (Å²) in [5.41, 5.74) is 3.96. The molecule has 1 atom stereocenters. The van der Waals surface area contributed by atoms with Crippen LogP contribution in [0.3, 0.4) is 0 Å². The fourth-order valence-corrected chi connectivity index (χ4v) is 5.60. The van der Waals surface area contributed by atoms with Gasteiger partial charge in [-0.3, -0.25) is 4.90 Å². The SMILES string of the molecule is Clc1ccc2c(c1)N(C1CCCN(Cc3ccccc3)C1)c1ccccc1S2. The summed E-state index contributed by atoms with van der Waals surface area (Å²) >= 11 is 8.25. The van der Waals surface area contributed by atoms with Crippen LogP contribution < -0.4 is 4.90 Å². The number of anilines is 2. The van der Waals surface area contributed by atoms with Crippen molar-refractivity contribution in [3.63, 3.8) is 0 Å². The molecule has 0 aromatic heterocycles. The van der Waals surface area contributed by atoms with Crippen molar-refractivity contribution in [2.24, 2.45) is 0 Å². The fourth-order valence-electron chi connectivity index (χ4n) is 4.38. The number of likely N-dealkylation sites (tertiary alicyclic amines) is 1. The minimum Gasteiger partial charge on any atom is -0.335 e. The zero-order valence-corrected chi connectivity index (χ0v) is 17.3. The number of hydrogen-bond acceptors (Lipinski definition) is 3. The molecule has 2 aliphatic rings. The summed E-state index contributed by atoms with van der Waals surface area (Å²) in [5, 5.41) is 0.806. The van der Waals surface area contributed by atoms with Crippen molar-refractivity contribution in [2.75, 3.05) is 18.0 Å². The summed E-state index contributed by atoms with van der Waals surface area (Å²) in [5.74, 6) is 0. The quantitative estimate of drug-likeness (QED) is 0.483. The Labute approximate surface area is 176 Å². The molecular formula is C24H23ClN2S. The van der Waals surface area contributed by atoms with Crippen LogP contribution in [0.25, 0.3) is 0 Å². The Morgan fingerprint density at radius 3 is 2.57 bits per heavy atom. The molecule has 5 rings (SSSR count). The van der Waals surface area contributed by atoms with Gasteiger partial charge >= 0.3 is 0 Å². The summed E-state index contributed by atoms with van der Waals surface area (Å²) in [6.07, 6.45) is 2.43. The molecule has 2 heterocycles. The molecule has 4 heteroatoms. The van der Waals surface area contributed by atoms with Gasteiger partial charge in [0.15, 0.2) is 0 Å². The predicted molar refractivity (Wildman–Crippen MR) is 119 cm³/mol. The van der Waals surface area contributed by atoms with Crippen LogP contribution in [-0.4, -0.2) is 24.0 Å². The third-order valence-corrected chi connectivity index (χ3v) is 6.99. The first-order chi connectivity index (χ1) is 13.8. The van der Waals surface area contributed by atoms with Gasteiger partial charge in [-0.15, -0.1) is 0 Å². The molecule has 1 fully saturated rings. The van der Waals surface area contributed by atoms with Crippen LogP contribution in [0.2, 0.25) is 5.02 Å². The van der Waals surface area contributed by atoms with Gasteiger partial charge in [0.25, 0.3) is 0 Å². The second-order valence-corrected chi connectivity index (χ2v) is 9.09. The molecular weight excluding hydrogens is 384 g/mol. The minimum atomic E-state index is 0.455. The Bertz CT molecular complexity index is 975. The van der Waals surface area contributed by atoms with Crippen molar-refractivity contribution >= 4 is 34.7 Å². The van der Waals surface area contributed by atoms with Crippen molar-refractivity contribution in [3.8, 4) is 0 Å². The number of halogens is 1. The number of benzene rings is 3. The van der Waals surface area contributed by atoms with Crippen LogP contribution in [-0.2, 0) is 6.54 Å². The van der Waals surface area contributed by atoms with E-state index in [-0.39, 0.29) is 0 Å². The number of piperidine rings is 1. The number of hydrogen-bond donors (Lipinski definition) is 0. The summed E-state index contributed by atoms with van der Waals surface area (Å²) in [7, 11) is 0. The molecule has 0 amide bonds. The summed E-state index contributed by atoms with van der Waals surface area (Å²) in [4.78, 5) is 7.77. The van der Waals surface area contributed by atoms with Gasteiger partial charge in [0.05, 0.1) is 11.4 Å². The van der Waals surface area contributed by atoms with E-state index in [1.54, 1.807) is 0 Å². The largest absolute Gasteiger partial charge is 0.335 e. The van der Waals surface area contributed by atoms with Gasteiger partial charge < -0.3 is 4.90 Å². The predicted octanol–water partition coefficient (Wildman–Crippen LogP) is 6.61. The number of rotatable bonds is 3. The van der Waals surface area contributed by atoms with Crippen LogP contribution in [0.4, 0.5) is 11.4 Å². The van der Waals surface area contributed by atoms with Gasteiger partial charge in [-0.25, -0.2) is 0 Å². The number of para-hydroxylation sites is 1. The normalized spacial score (nSPS) is 19.2. The molecule has 3 aromatic carbocycles. The third kappa shape index (κ3) is 3.55. The second-order valence-electron chi connectivity index (χ2n) is 7.57. The molecule has 0 bridgehead atoms. The molecule has 1 unspecified atom stereocenters. The molecule has 1 saturated heterocycles. The van der Waals surface area contributed by atoms with E-state index >= 15 is 0 Å². The third-order valence-electron chi connectivity index (χ3n) is 5.62. The summed E-state index contributed by atoms with van der Waals surface area (Å²) < 4.78 is 0. The molecule has 2 aliphatic heterocycles. The maximum Gasteiger partial charge on any atom is 0.0570 e. The van der Waals surface area contributed by atoms with E-state index in [1.807, 2.05) is 17.8 Å². The van der Waals surface area contributed by atoms with E-state index in [4.69, 9.17) is 11.6 Å². The first-order valence-corrected chi connectivity index (χ1v) is 11.1. The Balaban J connectivity index is 1.47. The highest BCUT2D eigenvalue weighted by Crippen LogP contribution is 2.50. The Kier molecular flexibility index (Phi) is 5.06. The first-order valence-electron chi connectivity index (χ1n) is 9.90. The average molecular weight is 407 g/mol. The van der Waals surface area contributed by atoms with Gasteiger partial charge in [0, 0.05) is 33.9 Å². The highest BCUT2D eigenvalue weighted by Gasteiger charge is 2.32. The van der Waals surface area contributed by atoms with E-state index in [0.717, 1.165) is 24.7 Å². The van der Waals surface area contributed by atoms with Crippen molar-refractivity contribution in [1.82, 2.24) is 4.90 Å². The Morgan fingerprint density at radius 2 is 1.68 bits per heavy atom. The van der Waals surface area contributed by atoms with Crippen LogP contribution in [0.5, 0.6) is 0 Å². The molecule has 142 valence electrons. The van der Waals surface area contributed by atoms with Crippen LogP contribution in [0, 0.1) is 0 Å². The molecule has 0 spiro atoms. The molecule has 0 N–H and O–H groups in total. The van der Waals surface area contributed by atoms with Gasteiger partial charge in [0.1, 0.15) is 0 Å². The van der Waals surface area contributed by atoms with Gasteiger partial charge in [-0.05, 0) is 55.3 Å². The van der Waals surface area contributed by atoms with E-state index in [1.165, 1.54) is 39.6 Å². The van der Waals surface area contributed by atoms with E-state index in [9.17, 15) is 0 Å². The molecule has 3 aromatic rings. The summed E-state index contributed by atoms with van der Waals surface area (Å²) in [6.45, 7) is 3.25. The molecule has 0 saturated carbocycles. The maximum absolute atomic E-state index is 6.40. The minimum absolute atomic E-state index is 0.455. The van der Waals surface area contributed by atoms with Gasteiger partial charge in [-0.1, -0.05) is 65.8 Å². The molecule has 28 heavy (non-hydrogen) atoms. The van der Waals surface area contributed by atoms with Gasteiger partial charge in [0.2, 0.25) is 0 Å². The number of fused-ring (bicyclic) bond motifs is 2. The first kappa shape index (κ1) is 18.1. The van der Waals surface area contributed by atoms with Crippen molar-refractivity contribution in [3.05, 3.63) is 83.4 Å². The lowest BCUT2D eigenvalue weighted by Crippen LogP contribution is -2.46. The van der Waals surface area contributed by atoms with Crippen molar-refractivity contribution < 1.29 is 0 Å². The Hall–Kier alpha value is -1.94. The van der Waals surface area contributed by atoms with Crippen LogP contribution in [0.15, 0.2) is 82.6 Å². The maximum atomic E-state index is 6.40. The van der Waals surface area contributed by atoms with Crippen LogP contribution >= 0.6 is 23.4 Å². The van der Waals surface area contributed by atoms with Crippen LogP contribution in [0.1, 0.15) is 18.4 Å². The highest BCUT2D eigenvalue weighted by molar-refractivity contribution is 7.99. The van der Waals surface area contributed by atoms with Crippen molar-refractivity contribution in [1.29, 1.82) is 0 Å². The van der Waals surface area contributed by atoms with E-state index < -0.39 is 0 Å². The smallest absolute Gasteiger partial charge is 0.0570 e. The molecule has 0 aliphatic carbocycles. The Morgan fingerprint density at radius 1 is 0.893 bits per heavy atom. The lowest BCUT2D eigenvalue weighted by molar-refractivity contribution is 0.200. The standard InChI is InChI=1S/C24H23ClN2S/c25-19-12-13-24-22(15-19)27(21-10-4-5-11-23(21)28-24)20-9-6-14-26(17-20)16-18-7-2-1-3-8-18/h1-5,7-8,10-13,15,20H,6,9,14,16-17H2. The zero-order chi connectivity index (χ0) is 18.9. The van der Waals surface area contributed by atoms with E-state index in [2.05, 4.69) is 76.5 Å². The second kappa shape index (κ2) is 7.82. The lowest BCUT2D eigenvalue weighted by Gasteiger charge is -2.43. The topological polar surface area (TPSA) is 6.48 Å². The monoisotopic (exact) mass is 406 g/mol. The average Bonchev–Trinajstić information content (AvgIpc) is 2.73. The van der Waals surface area contributed by atoms with Crippen molar-refractivity contribution in [2.45, 2.75) is 35.2 Å². The van der Waals surface area contributed by atoms with Gasteiger partial charge in [-0.2, -0.15) is 0 Å². The zero-order valence-electron chi connectivity index (χ0n) is 15.7. The molecule has 0 radical (unpaired) electrons. The lowest BCUT2D eigenvalue weighted by atomic mass is 10.0. The fraction of sp³-hybridized carbons (Fsp3) is 0.250.